The van der Waals surface area contributed by atoms with Crippen LogP contribution in [0.3, 0.4) is 0 Å². The molecule has 1 amide bonds. The number of nitrogens with one attached hydrogen (secondary N) is 1. The first-order valence-corrected chi connectivity index (χ1v) is 8.35. The number of thioether (sulfide) groups is 1. The Hall–Kier alpha value is -2.55. The summed E-state index contributed by atoms with van der Waals surface area (Å²) in [5.41, 5.74) is 1.91. The van der Waals surface area contributed by atoms with Crippen molar-refractivity contribution in [1.82, 2.24) is 19.6 Å². The number of rotatable bonds is 4. The highest BCUT2D eigenvalue weighted by Crippen LogP contribution is 2.22. The van der Waals surface area contributed by atoms with Gasteiger partial charge in [-0.3, -0.25) is 4.79 Å². The van der Waals surface area contributed by atoms with Crippen LogP contribution in [0.4, 0.5) is 14.5 Å². The monoisotopic (exact) mass is 363 g/mol. The molecule has 9 heteroatoms. The highest BCUT2D eigenvalue weighted by Gasteiger charge is 2.19. The molecule has 0 bridgehead atoms. The maximum Gasteiger partial charge on any atom is 0.253 e. The van der Waals surface area contributed by atoms with E-state index >= 15 is 0 Å². The minimum Gasteiger partial charge on any atom is -0.325 e. The van der Waals surface area contributed by atoms with Gasteiger partial charge in [-0.1, -0.05) is 11.8 Å². The molecule has 1 N–H and O–H groups in total. The third-order valence-electron chi connectivity index (χ3n) is 3.44. The van der Waals surface area contributed by atoms with Crippen molar-refractivity contribution >= 4 is 29.1 Å². The molecule has 0 aliphatic heterocycles. The van der Waals surface area contributed by atoms with Gasteiger partial charge in [0.05, 0.1) is 5.25 Å². The van der Waals surface area contributed by atoms with E-state index in [1.165, 1.54) is 6.07 Å². The molecule has 6 nitrogen and oxygen atoms in total. The van der Waals surface area contributed by atoms with Crippen molar-refractivity contribution in [1.29, 1.82) is 0 Å². The van der Waals surface area contributed by atoms with Crippen LogP contribution in [0.25, 0.3) is 5.78 Å². The summed E-state index contributed by atoms with van der Waals surface area (Å²) in [7, 11) is 0. The lowest BCUT2D eigenvalue weighted by molar-refractivity contribution is -0.115. The summed E-state index contributed by atoms with van der Waals surface area (Å²) in [6, 6.07) is 5.08. The van der Waals surface area contributed by atoms with Crippen molar-refractivity contribution in [3.05, 3.63) is 47.3 Å². The van der Waals surface area contributed by atoms with Gasteiger partial charge in [0, 0.05) is 23.1 Å². The fourth-order valence-electron chi connectivity index (χ4n) is 2.23. The molecule has 3 aromatic rings. The van der Waals surface area contributed by atoms with Crippen LogP contribution >= 0.6 is 11.8 Å². The lowest BCUT2D eigenvalue weighted by Gasteiger charge is -2.10. The molecule has 130 valence electrons. The number of benzene rings is 1. The fraction of sp³-hybridized carbons (Fsp3) is 0.250. The van der Waals surface area contributed by atoms with E-state index in [0.29, 0.717) is 10.9 Å². The molecular weight excluding hydrogens is 348 g/mol. The SMILES string of the molecule is Cc1cc(C)n2nc(SC(C)C(=O)Nc3ccc(F)c(F)c3)nc2n1. The van der Waals surface area contributed by atoms with Crippen LogP contribution in [-0.2, 0) is 4.79 Å². The van der Waals surface area contributed by atoms with Crippen molar-refractivity contribution in [2.45, 2.75) is 31.2 Å². The number of hydrogen-bond acceptors (Lipinski definition) is 5. The molecular formula is C16H15F2N5OS. The van der Waals surface area contributed by atoms with Gasteiger partial charge in [-0.2, -0.15) is 4.98 Å². The largest absolute Gasteiger partial charge is 0.325 e. The zero-order chi connectivity index (χ0) is 18.1. The Morgan fingerprint density at radius 3 is 2.68 bits per heavy atom. The van der Waals surface area contributed by atoms with Gasteiger partial charge in [-0.05, 0) is 39.0 Å². The number of aromatic nitrogens is 4. The predicted molar refractivity (Wildman–Crippen MR) is 90.6 cm³/mol. The van der Waals surface area contributed by atoms with Crippen molar-refractivity contribution in [2.24, 2.45) is 0 Å². The van der Waals surface area contributed by atoms with Gasteiger partial charge in [-0.15, -0.1) is 5.10 Å². The second kappa shape index (κ2) is 6.75. The first-order valence-electron chi connectivity index (χ1n) is 7.47. The van der Waals surface area contributed by atoms with E-state index in [9.17, 15) is 13.6 Å². The number of amides is 1. The Labute approximate surface area is 146 Å². The highest BCUT2D eigenvalue weighted by atomic mass is 32.2. The number of aryl methyl sites for hydroxylation is 2. The average molecular weight is 363 g/mol. The maximum atomic E-state index is 13.2. The molecule has 0 spiro atoms. The van der Waals surface area contributed by atoms with Crippen molar-refractivity contribution in [3.63, 3.8) is 0 Å². The zero-order valence-electron chi connectivity index (χ0n) is 13.7. The Balaban J connectivity index is 1.72. The van der Waals surface area contributed by atoms with Gasteiger partial charge in [0.25, 0.3) is 5.78 Å². The number of anilines is 1. The molecule has 0 radical (unpaired) electrons. The molecule has 25 heavy (non-hydrogen) atoms. The number of fused-ring (bicyclic) bond motifs is 1. The van der Waals surface area contributed by atoms with Gasteiger partial charge in [0.2, 0.25) is 11.1 Å². The molecule has 0 fully saturated rings. The number of halogens is 2. The Bertz CT molecular complexity index is 959. The van der Waals surface area contributed by atoms with E-state index in [4.69, 9.17) is 0 Å². The fourth-order valence-corrected chi connectivity index (χ4v) is 2.97. The van der Waals surface area contributed by atoms with Crippen LogP contribution in [0.1, 0.15) is 18.3 Å². The molecule has 2 aromatic heterocycles. The van der Waals surface area contributed by atoms with Crippen molar-refractivity contribution in [2.75, 3.05) is 5.32 Å². The average Bonchev–Trinajstić information content (AvgIpc) is 2.93. The summed E-state index contributed by atoms with van der Waals surface area (Å²) >= 11 is 1.16. The van der Waals surface area contributed by atoms with E-state index in [2.05, 4.69) is 20.4 Å². The van der Waals surface area contributed by atoms with Crippen LogP contribution in [-0.4, -0.2) is 30.7 Å². The molecule has 3 rings (SSSR count). The van der Waals surface area contributed by atoms with E-state index in [1.807, 2.05) is 19.9 Å². The second-order valence-electron chi connectivity index (χ2n) is 5.52. The van der Waals surface area contributed by atoms with Gasteiger partial charge in [0.15, 0.2) is 11.6 Å². The Kier molecular flexibility index (Phi) is 4.67. The third kappa shape index (κ3) is 3.76. The molecule has 0 saturated heterocycles. The summed E-state index contributed by atoms with van der Waals surface area (Å²) < 4.78 is 27.7. The van der Waals surface area contributed by atoms with Crippen LogP contribution in [0.5, 0.6) is 0 Å². The normalized spacial score (nSPS) is 12.4. The van der Waals surface area contributed by atoms with Crippen LogP contribution in [0.2, 0.25) is 0 Å². The summed E-state index contributed by atoms with van der Waals surface area (Å²) in [6.07, 6.45) is 0. The first-order chi connectivity index (χ1) is 11.8. The van der Waals surface area contributed by atoms with E-state index in [-0.39, 0.29) is 11.6 Å². The van der Waals surface area contributed by atoms with E-state index in [1.54, 1.807) is 11.4 Å². The van der Waals surface area contributed by atoms with Gasteiger partial charge in [0.1, 0.15) is 0 Å². The summed E-state index contributed by atoms with van der Waals surface area (Å²) in [6.45, 7) is 5.44. The minimum atomic E-state index is -1.02. The van der Waals surface area contributed by atoms with Crippen molar-refractivity contribution in [3.8, 4) is 0 Å². The summed E-state index contributed by atoms with van der Waals surface area (Å²) in [5, 5.41) is 6.74. The predicted octanol–water partition coefficient (Wildman–Crippen LogP) is 3.14. The zero-order valence-corrected chi connectivity index (χ0v) is 14.6. The maximum absolute atomic E-state index is 13.2. The minimum absolute atomic E-state index is 0.187. The van der Waals surface area contributed by atoms with E-state index in [0.717, 1.165) is 35.3 Å². The lowest BCUT2D eigenvalue weighted by atomic mass is 10.3. The van der Waals surface area contributed by atoms with Gasteiger partial charge < -0.3 is 5.32 Å². The smallest absolute Gasteiger partial charge is 0.253 e. The van der Waals surface area contributed by atoms with Crippen molar-refractivity contribution < 1.29 is 13.6 Å². The van der Waals surface area contributed by atoms with E-state index < -0.39 is 16.9 Å². The molecule has 2 heterocycles. The number of hydrogen-bond donors (Lipinski definition) is 1. The molecule has 0 aliphatic rings. The molecule has 1 atom stereocenters. The Morgan fingerprint density at radius 1 is 1.20 bits per heavy atom. The van der Waals surface area contributed by atoms with Crippen LogP contribution in [0.15, 0.2) is 29.4 Å². The number of carbonyl (C=O) groups excluding carboxylic acids is 1. The molecule has 0 saturated carbocycles. The second-order valence-corrected chi connectivity index (χ2v) is 6.83. The van der Waals surface area contributed by atoms with Gasteiger partial charge in [-0.25, -0.2) is 18.3 Å². The standard InChI is InChI=1S/C16H15F2N5OS/c1-8-6-9(2)23-15(19-8)21-16(22-23)25-10(3)14(24)20-11-4-5-12(17)13(18)7-11/h4-7,10H,1-3H3,(H,20,24). The first kappa shape index (κ1) is 17.3. The van der Waals surface area contributed by atoms with Crippen LogP contribution in [0, 0.1) is 25.5 Å². The molecule has 1 aromatic carbocycles. The highest BCUT2D eigenvalue weighted by molar-refractivity contribution is 8.00. The summed E-state index contributed by atoms with van der Waals surface area (Å²) in [4.78, 5) is 20.8. The summed E-state index contributed by atoms with van der Waals surface area (Å²) in [5.74, 6) is -1.88. The molecule has 0 aliphatic carbocycles. The van der Waals surface area contributed by atoms with Gasteiger partial charge >= 0.3 is 0 Å². The third-order valence-corrected chi connectivity index (χ3v) is 4.39. The topological polar surface area (TPSA) is 72.2 Å². The number of nitrogens with zero attached hydrogens (tertiary/aromatic N) is 4. The number of carbonyl (C=O) groups is 1. The quantitative estimate of drug-likeness (QED) is 0.721. The lowest BCUT2D eigenvalue weighted by Crippen LogP contribution is -2.22. The molecule has 1 unspecified atom stereocenters. The van der Waals surface area contributed by atoms with Crippen LogP contribution < -0.4 is 5.32 Å². The Morgan fingerprint density at radius 2 is 1.96 bits per heavy atom.